The maximum atomic E-state index is 10.9. The van der Waals surface area contributed by atoms with Gasteiger partial charge in [-0.25, -0.2) is 0 Å². The Morgan fingerprint density at radius 1 is 0.821 bits per heavy atom. The molecule has 3 aliphatic rings. The third kappa shape index (κ3) is 4.81. The second-order valence-electron chi connectivity index (χ2n) is 8.87. The molecule has 5 nitrogen and oxygen atoms in total. The van der Waals surface area contributed by atoms with Crippen molar-refractivity contribution in [1.29, 1.82) is 0 Å². The fraction of sp³-hybridized carbons (Fsp3) is 0.652. The van der Waals surface area contributed by atoms with Gasteiger partial charge < -0.3 is 0 Å². The van der Waals surface area contributed by atoms with Crippen LogP contribution in [0.25, 0.3) is 6.08 Å². The van der Waals surface area contributed by atoms with Gasteiger partial charge in [-0.3, -0.25) is 19.9 Å². The summed E-state index contributed by atoms with van der Waals surface area (Å²) in [5, 5.41) is 10.9. The largest absolute Gasteiger partial charge is 0.283 e. The van der Waals surface area contributed by atoms with E-state index in [0.717, 1.165) is 37.4 Å². The number of hydrogen-bond donors (Lipinski definition) is 0. The third-order valence-electron chi connectivity index (χ3n) is 6.83. The molecule has 3 fully saturated rings. The van der Waals surface area contributed by atoms with Gasteiger partial charge in [0, 0.05) is 37.3 Å². The van der Waals surface area contributed by atoms with Gasteiger partial charge in [0.25, 0.3) is 5.69 Å². The molecule has 0 spiro atoms. The quantitative estimate of drug-likeness (QED) is 0.528. The molecule has 0 aromatic heterocycles. The molecule has 152 valence electrons. The second-order valence-corrected chi connectivity index (χ2v) is 8.87. The number of nitrogens with zero attached hydrogens (tertiary/aromatic N) is 3. The van der Waals surface area contributed by atoms with Gasteiger partial charge in [0.1, 0.15) is 0 Å². The predicted octanol–water partition coefficient (Wildman–Crippen LogP) is 5.22. The van der Waals surface area contributed by atoms with Crippen LogP contribution in [0.4, 0.5) is 5.69 Å². The van der Waals surface area contributed by atoms with E-state index in [1.54, 1.807) is 12.1 Å². The fourth-order valence-electron chi connectivity index (χ4n) is 5.31. The van der Waals surface area contributed by atoms with Gasteiger partial charge in [-0.1, -0.05) is 44.6 Å². The zero-order valence-corrected chi connectivity index (χ0v) is 16.9. The van der Waals surface area contributed by atoms with Gasteiger partial charge in [0.15, 0.2) is 0 Å². The summed E-state index contributed by atoms with van der Waals surface area (Å²) in [5.41, 5.74) is 2.70. The summed E-state index contributed by atoms with van der Waals surface area (Å²) in [4.78, 5) is 16.0. The van der Waals surface area contributed by atoms with E-state index in [1.807, 2.05) is 12.1 Å². The van der Waals surface area contributed by atoms with Crippen LogP contribution in [-0.2, 0) is 0 Å². The second kappa shape index (κ2) is 9.19. The molecule has 0 amide bonds. The first kappa shape index (κ1) is 19.6. The summed E-state index contributed by atoms with van der Waals surface area (Å²) in [7, 11) is 0. The summed E-state index contributed by atoms with van der Waals surface area (Å²) >= 11 is 0. The fourth-order valence-corrected chi connectivity index (χ4v) is 5.31. The molecule has 5 heteroatoms. The summed E-state index contributed by atoms with van der Waals surface area (Å²) in [6.45, 7) is 3.21. The van der Waals surface area contributed by atoms with Crippen molar-refractivity contribution in [2.75, 3.05) is 19.8 Å². The molecule has 0 N–H and O–H groups in total. The normalized spacial score (nSPS) is 23.6. The molecule has 4 rings (SSSR count). The summed E-state index contributed by atoms with van der Waals surface area (Å²) in [6, 6.07) is 8.45. The van der Waals surface area contributed by atoms with Crippen LogP contribution in [0.5, 0.6) is 0 Å². The van der Waals surface area contributed by atoms with Crippen molar-refractivity contribution < 1.29 is 4.92 Å². The van der Waals surface area contributed by atoms with Gasteiger partial charge >= 0.3 is 0 Å². The predicted molar refractivity (Wildman–Crippen MR) is 113 cm³/mol. The highest BCUT2D eigenvalue weighted by molar-refractivity contribution is 5.55. The van der Waals surface area contributed by atoms with Crippen molar-refractivity contribution >= 4 is 11.8 Å². The summed E-state index contributed by atoms with van der Waals surface area (Å²) < 4.78 is 0. The molecule has 1 aromatic carbocycles. The van der Waals surface area contributed by atoms with Crippen molar-refractivity contribution in [1.82, 2.24) is 9.80 Å². The van der Waals surface area contributed by atoms with Crippen LogP contribution in [0.1, 0.15) is 69.8 Å². The lowest BCUT2D eigenvalue weighted by atomic mass is 9.91. The number of non-ortho nitro benzene ring substituents is 1. The zero-order valence-electron chi connectivity index (χ0n) is 16.9. The lowest BCUT2D eigenvalue weighted by Crippen LogP contribution is -2.54. The van der Waals surface area contributed by atoms with Crippen LogP contribution in [0.15, 0.2) is 29.8 Å². The zero-order chi connectivity index (χ0) is 19.3. The van der Waals surface area contributed by atoms with Crippen molar-refractivity contribution in [3.8, 4) is 0 Å². The first-order chi connectivity index (χ1) is 13.7. The molecule has 1 saturated heterocycles. The Balaban J connectivity index is 1.52. The molecule has 1 aromatic rings. The Bertz CT molecular complexity index is 660. The van der Waals surface area contributed by atoms with Crippen LogP contribution in [0.3, 0.4) is 0 Å². The first-order valence-electron chi connectivity index (χ1n) is 11.1. The van der Waals surface area contributed by atoms with Gasteiger partial charge in [0.05, 0.1) is 11.6 Å². The number of nitro groups is 1. The number of hydrogen-bond acceptors (Lipinski definition) is 4. The smallest absolute Gasteiger partial charge is 0.269 e. The van der Waals surface area contributed by atoms with Crippen molar-refractivity contribution in [3.05, 3.63) is 45.5 Å². The van der Waals surface area contributed by atoms with Gasteiger partial charge in [-0.2, -0.15) is 0 Å². The van der Waals surface area contributed by atoms with Crippen molar-refractivity contribution in [3.63, 3.8) is 0 Å². The average molecular weight is 384 g/mol. The number of benzene rings is 1. The van der Waals surface area contributed by atoms with E-state index in [4.69, 9.17) is 0 Å². The Morgan fingerprint density at radius 3 is 1.79 bits per heavy atom. The van der Waals surface area contributed by atoms with Crippen LogP contribution >= 0.6 is 0 Å². The molecule has 1 heterocycles. The molecule has 0 radical (unpaired) electrons. The Labute approximate surface area is 168 Å². The molecule has 0 atom stereocenters. The van der Waals surface area contributed by atoms with Crippen LogP contribution in [0.2, 0.25) is 0 Å². The molecular weight excluding hydrogens is 350 g/mol. The molecule has 2 saturated carbocycles. The summed E-state index contributed by atoms with van der Waals surface area (Å²) in [6.07, 6.45) is 15.9. The van der Waals surface area contributed by atoms with Gasteiger partial charge in [-0.15, -0.1) is 0 Å². The van der Waals surface area contributed by atoms with E-state index in [0.29, 0.717) is 0 Å². The lowest BCUT2D eigenvalue weighted by molar-refractivity contribution is -0.384. The number of nitro benzene ring substituents is 1. The SMILES string of the molecule is O=[N+]([O-])c1ccc(C=C2CN(C3CCCCC3)CN(C3CCCCC3)C2)cc1. The van der Waals surface area contributed by atoms with Crippen LogP contribution < -0.4 is 0 Å². The number of rotatable bonds is 4. The van der Waals surface area contributed by atoms with Crippen LogP contribution in [0, 0.1) is 10.1 Å². The molecule has 2 aliphatic carbocycles. The molecule has 28 heavy (non-hydrogen) atoms. The highest BCUT2D eigenvalue weighted by atomic mass is 16.6. The molecular formula is C23H33N3O2. The topological polar surface area (TPSA) is 49.6 Å². The van der Waals surface area contributed by atoms with E-state index in [1.165, 1.54) is 69.8 Å². The Kier molecular flexibility index (Phi) is 6.43. The lowest BCUT2D eigenvalue weighted by Gasteiger charge is -2.46. The van der Waals surface area contributed by atoms with E-state index in [9.17, 15) is 10.1 Å². The Hall–Kier alpha value is -1.72. The monoisotopic (exact) mass is 383 g/mol. The third-order valence-corrected chi connectivity index (χ3v) is 6.83. The average Bonchev–Trinajstić information content (AvgIpc) is 2.75. The van der Waals surface area contributed by atoms with Gasteiger partial charge in [0.2, 0.25) is 0 Å². The van der Waals surface area contributed by atoms with Crippen LogP contribution in [-0.4, -0.2) is 46.6 Å². The van der Waals surface area contributed by atoms with Gasteiger partial charge in [-0.05, 0) is 49.0 Å². The minimum absolute atomic E-state index is 0.165. The maximum Gasteiger partial charge on any atom is 0.269 e. The maximum absolute atomic E-state index is 10.9. The molecule has 0 unspecified atom stereocenters. The minimum Gasteiger partial charge on any atom is -0.283 e. The first-order valence-corrected chi connectivity index (χ1v) is 11.1. The summed E-state index contributed by atoms with van der Waals surface area (Å²) in [5.74, 6) is 0. The highest BCUT2D eigenvalue weighted by Crippen LogP contribution is 2.30. The standard InChI is InChI=1S/C23H33N3O2/c27-26(28)23-13-11-19(12-14-23)15-20-16-24(21-7-3-1-4-8-21)18-25(17-20)22-9-5-2-6-10-22/h11-15,21-22H,1-10,16-18H2. The van der Waals surface area contributed by atoms with E-state index < -0.39 is 0 Å². The highest BCUT2D eigenvalue weighted by Gasteiger charge is 2.31. The van der Waals surface area contributed by atoms with E-state index >= 15 is 0 Å². The Morgan fingerprint density at radius 2 is 1.32 bits per heavy atom. The molecule has 0 bridgehead atoms. The van der Waals surface area contributed by atoms with E-state index in [-0.39, 0.29) is 10.6 Å². The van der Waals surface area contributed by atoms with Crippen molar-refractivity contribution in [2.45, 2.75) is 76.3 Å². The van der Waals surface area contributed by atoms with Crippen molar-refractivity contribution in [2.24, 2.45) is 0 Å². The molecule has 1 aliphatic heterocycles. The minimum atomic E-state index is -0.326. The van der Waals surface area contributed by atoms with E-state index in [2.05, 4.69) is 15.9 Å².